The van der Waals surface area contributed by atoms with Gasteiger partial charge in [-0.25, -0.2) is 0 Å². The molecular formula is C50H62Cl2N2O8P2PdSi2+2. The first-order valence-corrected chi connectivity index (χ1v) is 32.4. The van der Waals surface area contributed by atoms with E-state index >= 15 is 0 Å². The van der Waals surface area contributed by atoms with Crippen LogP contribution in [0.2, 0.25) is 12.1 Å². The Morgan fingerprint density at radius 3 is 0.866 bits per heavy atom. The van der Waals surface area contributed by atoms with Gasteiger partial charge in [-0.15, -0.1) is 0 Å². The Kier molecular flexibility index (Phi) is 25.9. The van der Waals surface area contributed by atoms with E-state index in [4.69, 9.17) is 45.6 Å². The molecular weight excluding hydrogens is 1050 g/mol. The Morgan fingerprint density at radius 2 is 0.642 bits per heavy atom. The first kappa shape index (κ1) is 56.1. The zero-order valence-corrected chi connectivity index (χ0v) is 45.8. The van der Waals surface area contributed by atoms with Crippen molar-refractivity contribution in [3.63, 3.8) is 0 Å². The molecule has 360 valence electrons. The summed E-state index contributed by atoms with van der Waals surface area (Å²) in [5.41, 5.74) is 1.31. The molecule has 17 heteroatoms. The van der Waals surface area contributed by atoms with Crippen LogP contribution in [0.4, 0.5) is 0 Å². The van der Waals surface area contributed by atoms with E-state index < -0.39 is 33.5 Å². The predicted octanol–water partition coefficient (Wildman–Crippen LogP) is 7.73. The third-order valence-electron chi connectivity index (χ3n) is 10.9. The molecule has 6 aromatic carbocycles. The Hall–Kier alpha value is -3.44. The molecule has 0 aromatic heterocycles. The fourth-order valence-corrected chi connectivity index (χ4v) is 15.9. The van der Waals surface area contributed by atoms with E-state index in [1.807, 2.05) is 48.5 Å². The van der Waals surface area contributed by atoms with Crippen LogP contribution < -0.4 is 42.5 Å². The van der Waals surface area contributed by atoms with Gasteiger partial charge in [-0.2, -0.15) is 0 Å². The van der Waals surface area contributed by atoms with E-state index in [1.165, 1.54) is 31.8 Å². The molecule has 0 saturated carbocycles. The summed E-state index contributed by atoms with van der Waals surface area (Å²) in [6, 6.07) is 59.6. The second kappa shape index (κ2) is 30.9. The van der Waals surface area contributed by atoms with Crippen LogP contribution >= 0.6 is 34.9 Å². The molecule has 67 heavy (non-hydrogen) atoms. The van der Waals surface area contributed by atoms with Gasteiger partial charge in [0.25, 0.3) is 11.8 Å². The summed E-state index contributed by atoms with van der Waals surface area (Å²) in [5, 5.41) is 13.8. The third-order valence-corrected chi connectivity index (χ3v) is 22.0. The van der Waals surface area contributed by atoms with Crippen molar-refractivity contribution in [3.8, 4) is 0 Å². The molecule has 0 bridgehead atoms. The molecule has 0 aliphatic heterocycles. The quantitative estimate of drug-likeness (QED) is 0.0404. The predicted molar refractivity (Wildman–Crippen MR) is 282 cm³/mol. The van der Waals surface area contributed by atoms with Crippen molar-refractivity contribution in [1.82, 2.24) is 10.6 Å². The fourth-order valence-electron chi connectivity index (χ4n) is 7.33. The van der Waals surface area contributed by atoms with Gasteiger partial charge in [0.15, 0.2) is 0 Å². The number of hydrogen-bond acceptors (Lipinski definition) is 8. The molecule has 0 saturated heterocycles. The van der Waals surface area contributed by atoms with E-state index in [0.29, 0.717) is 36.3 Å². The molecule has 2 amide bonds. The van der Waals surface area contributed by atoms with Gasteiger partial charge in [0.05, 0.1) is 15.8 Å². The average Bonchev–Trinajstić information content (AvgIpc) is 3.39. The average molecular weight is 1110 g/mol. The number of rotatable bonds is 22. The number of amides is 2. The number of benzene rings is 6. The minimum atomic E-state index is -2.60. The Labute approximate surface area is 417 Å². The molecule has 0 fully saturated rings. The SMILES string of the molecule is CO[Si](CCCNC(=O)c1ccc([PH+](c2ccccc2)c2ccccc2)cc1)(OC)OC.CO[Si](CCCNC(=O)c1ccc([PH+](c2ccccc2)c2ccccc2)cc1)(OC)OC.[Cl][Pd][Cl]. The molecule has 2 N–H and O–H groups in total. The van der Waals surface area contributed by atoms with Gasteiger partial charge < -0.3 is 37.2 Å². The number of hydrogen-bond donors (Lipinski definition) is 2. The molecule has 0 heterocycles. The van der Waals surface area contributed by atoms with Crippen molar-refractivity contribution in [3.05, 3.63) is 181 Å². The summed E-state index contributed by atoms with van der Waals surface area (Å²) in [6.07, 6.45) is 1.45. The molecule has 6 aromatic rings. The normalized spacial score (nSPS) is 11.3. The molecule has 0 atom stereocenters. The van der Waals surface area contributed by atoms with Crippen molar-refractivity contribution in [2.75, 3.05) is 55.7 Å². The summed E-state index contributed by atoms with van der Waals surface area (Å²) in [6.45, 7) is 1.07. The van der Waals surface area contributed by atoms with Crippen LogP contribution in [-0.4, -0.2) is 85.2 Å². The number of carbonyl (C=O) groups excluding carboxylic acids is 2. The van der Waals surface area contributed by atoms with Crippen molar-refractivity contribution in [2.24, 2.45) is 0 Å². The maximum absolute atomic E-state index is 12.6. The Bertz CT molecular complexity index is 2040. The first-order chi connectivity index (χ1) is 32.7. The number of nitrogens with one attached hydrogen (secondary N) is 2. The van der Waals surface area contributed by atoms with Gasteiger partial charge in [-0.05, 0) is 110 Å². The van der Waals surface area contributed by atoms with Crippen molar-refractivity contribution in [2.45, 2.75) is 24.9 Å². The van der Waals surface area contributed by atoms with Gasteiger partial charge in [0, 0.05) is 79.0 Å². The first-order valence-electron chi connectivity index (χ1n) is 21.5. The van der Waals surface area contributed by atoms with Crippen LogP contribution in [-0.2, 0) is 42.5 Å². The third kappa shape index (κ3) is 17.5. The van der Waals surface area contributed by atoms with E-state index in [0.717, 1.165) is 12.8 Å². The van der Waals surface area contributed by atoms with Gasteiger partial charge >= 0.3 is 52.6 Å². The summed E-state index contributed by atoms with van der Waals surface area (Å²) >= 11 is -0.106. The van der Waals surface area contributed by atoms with Gasteiger partial charge in [0.1, 0.15) is 31.8 Å². The molecule has 0 aliphatic rings. The monoisotopic (exact) mass is 1110 g/mol. The Morgan fingerprint density at radius 1 is 0.418 bits per heavy atom. The van der Waals surface area contributed by atoms with Gasteiger partial charge in [-0.1, -0.05) is 72.8 Å². The van der Waals surface area contributed by atoms with Gasteiger partial charge in [-0.3, -0.25) is 9.59 Å². The molecule has 6 rings (SSSR count). The summed E-state index contributed by atoms with van der Waals surface area (Å²) in [5.74, 6) is -0.159. The van der Waals surface area contributed by atoms with Crippen LogP contribution in [0, 0.1) is 0 Å². The minimum absolute atomic E-state index is 0.0794. The molecule has 0 radical (unpaired) electrons. The molecule has 10 nitrogen and oxygen atoms in total. The summed E-state index contributed by atoms with van der Waals surface area (Å²) in [4.78, 5) is 25.2. The number of carbonyl (C=O) groups is 2. The van der Waals surface area contributed by atoms with Gasteiger partial charge in [0.2, 0.25) is 0 Å². The van der Waals surface area contributed by atoms with Crippen LogP contribution in [0.25, 0.3) is 0 Å². The maximum atomic E-state index is 12.6. The molecule has 0 spiro atoms. The zero-order chi connectivity index (χ0) is 48.3. The summed E-state index contributed by atoms with van der Waals surface area (Å²) in [7, 11) is 11.7. The van der Waals surface area contributed by atoms with Crippen LogP contribution in [0.5, 0.6) is 0 Å². The molecule has 0 unspecified atom stereocenters. The summed E-state index contributed by atoms with van der Waals surface area (Å²) < 4.78 is 32.5. The van der Waals surface area contributed by atoms with Crippen molar-refractivity contribution < 1.29 is 52.1 Å². The van der Waals surface area contributed by atoms with Crippen LogP contribution in [0.1, 0.15) is 33.6 Å². The van der Waals surface area contributed by atoms with Crippen LogP contribution in [0.3, 0.4) is 0 Å². The van der Waals surface area contributed by atoms with Crippen molar-refractivity contribution in [1.29, 1.82) is 0 Å². The molecule has 0 aliphatic carbocycles. The van der Waals surface area contributed by atoms with Crippen LogP contribution in [0.15, 0.2) is 170 Å². The van der Waals surface area contributed by atoms with Crippen molar-refractivity contribution >= 4 is 96.2 Å². The second-order valence-electron chi connectivity index (χ2n) is 14.7. The topological polar surface area (TPSA) is 114 Å². The second-order valence-corrected chi connectivity index (χ2v) is 28.2. The number of halogens is 2. The standard InChI is InChI=1S/2C25H30NO4PSi.2ClH.Pd/c2*1-28-32(29-2,30-3)20-10-19-26-25(27)21-15-17-24(18-16-21)31(22-11-6-4-7-12-22)23-13-8-5-9-14-23;;;/h2*4-9,11-18H,10,19-20H2,1-3H3,(H,26,27);2*1H;/q;;;;+2. The zero-order valence-electron chi connectivity index (χ0n) is 38.7. The Balaban J connectivity index is 0.000000276. The van der Waals surface area contributed by atoms with E-state index in [1.54, 1.807) is 42.7 Å². The van der Waals surface area contributed by atoms with E-state index in [2.05, 4.69) is 132 Å². The van der Waals surface area contributed by atoms with E-state index in [-0.39, 0.29) is 27.8 Å². The fraction of sp³-hybridized carbons (Fsp3) is 0.240. The van der Waals surface area contributed by atoms with E-state index in [9.17, 15) is 9.59 Å².